The standard InChI is InChI=1S/Cr.H3O4P/c;1-5(2,3)4/h;(H3,1,2,3,4)/q+3;/p-2. The molecule has 0 saturated carbocycles. The minimum atomic E-state index is -5.39. The van der Waals surface area contributed by atoms with Crippen LogP contribution in [0.4, 0.5) is 0 Å². The maximum absolute atomic E-state index is 8.55. The summed E-state index contributed by atoms with van der Waals surface area (Å²) in [5.74, 6) is 0. The first kappa shape index (κ1) is 9.81. The molecule has 0 aromatic heterocycles. The van der Waals surface area contributed by atoms with Crippen molar-refractivity contribution in [2.45, 2.75) is 0 Å². The fourth-order valence-corrected chi connectivity index (χ4v) is 0. The molecule has 6 heavy (non-hydrogen) atoms. The predicted molar refractivity (Wildman–Crippen MR) is 8.72 cm³/mol. The Morgan fingerprint density at radius 2 is 1.33 bits per heavy atom. The second-order valence-electron chi connectivity index (χ2n) is 0.447. The van der Waals surface area contributed by atoms with Crippen molar-refractivity contribution in [2.75, 3.05) is 0 Å². The van der Waals surface area contributed by atoms with Gasteiger partial charge in [-0.3, -0.25) is 0 Å². The van der Waals surface area contributed by atoms with Gasteiger partial charge in [-0.25, -0.2) is 0 Å². The largest absolute Gasteiger partial charge is 3.00 e. The van der Waals surface area contributed by atoms with Gasteiger partial charge in [0.1, 0.15) is 0 Å². The topological polar surface area (TPSA) is 86.2 Å². The predicted octanol–water partition coefficient (Wildman–Crippen LogP) is -2.71. The van der Waals surface area contributed by atoms with Crippen molar-refractivity contribution in [3.05, 3.63) is 0 Å². The molecule has 0 aliphatic carbocycles. The zero-order chi connectivity index (χ0) is 4.50. The summed E-state index contributed by atoms with van der Waals surface area (Å²) < 4.78 is 8.55. The van der Waals surface area contributed by atoms with Gasteiger partial charge >= 0.3 is 18.8 Å². The molecule has 0 aromatic rings. The van der Waals surface area contributed by atoms with Gasteiger partial charge in [-0.1, -0.05) is 0 Å². The van der Waals surface area contributed by atoms with Crippen molar-refractivity contribution in [1.29, 1.82) is 0 Å². The molecular weight excluding hydrogens is 147 g/mol. The van der Waals surface area contributed by atoms with Gasteiger partial charge in [-0.15, -0.1) is 0 Å². The van der Waals surface area contributed by atoms with Crippen LogP contribution in [0.25, 0.3) is 0 Å². The van der Waals surface area contributed by atoms with Gasteiger partial charge in [0.15, 0.2) is 0 Å². The minimum absolute atomic E-state index is 0. The van der Waals surface area contributed by atoms with E-state index < -0.39 is 7.82 Å². The van der Waals surface area contributed by atoms with Crippen LogP contribution in [-0.4, -0.2) is 0 Å². The Kier molecular flexibility index (Phi) is 4.51. The average molecular weight is 148 g/mol. The molecule has 0 saturated heterocycles. The molecule has 0 fully saturated rings. The van der Waals surface area contributed by atoms with Crippen LogP contribution < -0.4 is 14.7 Å². The van der Waals surface area contributed by atoms with Crippen molar-refractivity contribution in [3.8, 4) is 0 Å². The summed E-state index contributed by atoms with van der Waals surface area (Å²) in [6, 6.07) is 0. The van der Waals surface area contributed by atoms with Gasteiger partial charge in [0.2, 0.25) is 0 Å². The maximum atomic E-state index is 8.55. The fourth-order valence-electron chi connectivity index (χ4n) is 0. The van der Waals surface area contributed by atoms with Gasteiger partial charge < -0.3 is 19.2 Å². The van der Waals surface area contributed by atoms with E-state index in [1.54, 1.807) is 0 Å². The van der Waals surface area contributed by atoms with Gasteiger partial charge in [-0.05, 0) is 0 Å². The normalized spacial score (nSPS) is 9.83. The first-order chi connectivity index (χ1) is 2.00. The van der Waals surface area contributed by atoms with E-state index in [2.05, 4.69) is 0 Å². The van der Waals surface area contributed by atoms with Gasteiger partial charge in [-0.2, -0.15) is 7.82 Å². The Bertz CT molecular complexity index is 57.8. The van der Waals surface area contributed by atoms with Crippen LogP contribution in [0.3, 0.4) is 0 Å². The molecule has 35 valence electrons. The van der Waals surface area contributed by atoms with Crippen molar-refractivity contribution in [1.82, 2.24) is 0 Å². The summed E-state index contributed by atoms with van der Waals surface area (Å²) in [7, 11) is -5.39. The molecule has 0 amide bonds. The third-order valence-corrected chi connectivity index (χ3v) is 0. The molecular formula is HCrO4P+. The van der Waals surface area contributed by atoms with Gasteiger partial charge in [0.25, 0.3) is 0 Å². The molecule has 0 aliphatic heterocycles. The molecule has 0 spiro atoms. The Hall–Kier alpha value is 0.642. The van der Waals surface area contributed by atoms with E-state index in [1.807, 2.05) is 0 Å². The quantitative estimate of drug-likeness (QED) is 0.349. The third-order valence-electron chi connectivity index (χ3n) is 0. The van der Waals surface area contributed by atoms with Crippen molar-refractivity contribution < 1.29 is 38.0 Å². The molecule has 0 heterocycles. The number of hydrogen-bond acceptors (Lipinski definition) is 4. The smallest absolute Gasteiger partial charge is 0.822 e. The van der Waals surface area contributed by atoms with Crippen LogP contribution in [0, 0.1) is 0 Å². The molecule has 0 unspecified atom stereocenters. The summed E-state index contributed by atoms with van der Waals surface area (Å²) in [6.45, 7) is 0. The first-order valence-corrected chi connectivity index (χ1v) is 2.19. The fraction of sp³-hybridized carbons (Fsp3) is 0. The molecule has 6 heteroatoms. The summed E-state index contributed by atoms with van der Waals surface area (Å²) >= 11 is 0. The SMILES string of the molecule is O=P([O-])([O-])[O-].[Cr+3].[H+]. The molecule has 0 aromatic carbocycles. The zero-order valence-corrected chi connectivity index (χ0v) is 4.66. The van der Waals surface area contributed by atoms with E-state index in [0.29, 0.717) is 0 Å². The van der Waals surface area contributed by atoms with Crippen molar-refractivity contribution >= 4 is 7.82 Å². The molecule has 0 aliphatic rings. The van der Waals surface area contributed by atoms with Crippen molar-refractivity contribution in [3.63, 3.8) is 0 Å². The summed E-state index contributed by atoms with van der Waals surface area (Å²) in [4.78, 5) is 25.6. The summed E-state index contributed by atoms with van der Waals surface area (Å²) in [5.41, 5.74) is 0. The van der Waals surface area contributed by atoms with E-state index in [9.17, 15) is 0 Å². The van der Waals surface area contributed by atoms with Crippen LogP contribution >= 0.6 is 7.82 Å². The van der Waals surface area contributed by atoms with Crippen LogP contribution in [0.1, 0.15) is 1.43 Å². The van der Waals surface area contributed by atoms with E-state index in [1.165, 1.54) is 0 Å². The minimum Gasteiger partial charge on any atom is -0.822 e. The Balaban J connectivity index is -0.0000000800. The molecule has 0 bridgehead atoms. The van der Waals surface area contributed by atoms with E-state index in [-0.39, 0.29) is 18.8 Å². The monoisotopic (exact) mass is 148 g/mol. The van der Waals surface area contributed by atoms with Crippen LogP contribution in [0.15, 0.2) is 0 Å². The second-order valence-corrected chi connectivity index (χ2v) is 1.34. The number of hydrogen-bond donors (Lipinski definition) is 0. The zero-order valence-electron chi connectivity index (χ0n) is 3.49. The summed E-state index contributed by atoms with van der Waals surface area (Å²) in [6.07, 6.45) is 0. The van der Waals surface area contributed by atoms with Crippen molar-refractivity contribution in [2.24, 2.45) is 0 Å². The van der Waals surface area contributed by atoms with Crippen LogP contribution in [-0.2, 0) is 21.9 Å². The first-order valence-electron chi connectivity index (χ1n) is 0.730. The maximum Gasteiger partial charge on any atom is 3.00 e. The van der Waals surface area contributed by atoms with E-state index in [0.717, 1.165) is 0 Å². The van der Waals surface area contributed by atoms with Crippen LogP contribution in [0.5, 0.6) is 0 Å². The molecule has 4 nitrogen and oxygen atoms in total. The Labute approximate surface area is 46.7 Å². The molecule has 0 atom stereocenters. The van der Waals surface area contributed by atoms with Gasteiger partial charge in [0.05, 0.1) is 0 Å². The molecule has 0 rings (SSSR count). The number of rotatable bonds is 0. The Morgan fingerprint density at radius 3 is 1.33 bits per heavy atom. The van der Waals surface area contributed by atoms with Crippen LogP contribution in [0.2, 0.25) is 0 Å². The van der Waals surface area contributed by atoms with E-state index in [4.69, 9.17) is 19.2 Å². The second kappa shape index (κ2) is 2.76. The molecule has 1 radical (unpaired) electrons. The average Bonchev–Trinajstić information content (AvgIpc) is 0.722. The molecule has 0 N–H and O–H groups in total. The third kappa shape index (κ3) is 149. The Morgan fingerprint density at radius 1 is 1.33 bits per heavy atom. The number of phosphoric acid groups is 1. The van der Waals surface area contributed by atoms with Gasteiger partial charge in [0, 0.05) is 0 Å². The van der Waals surface area contributed by atoms with E-state index >= 15 is 0 Å². The summed E-state index contributed by atoms with van der Waals surface area (Å²) in [5, 5.41) is 0.